The number of thioether (sulfide) groups is 1. The van der Waals surface area contributed by atoms with Crippen LogP contribution in [0.5, 0.6) is 5.75 Å². The fraction of sp³-hybridized carbons (Fsp3) is 0.100. The lowest BCUT2D eigenvalue weighted by atomic mass is 10.2. The SMILES string of the molecule is O=C1CSC(=N/N=C\c2cc(Cl)cc(Cl)c2O)N1. The second-order valence-electron chi connectivity index (χ2n) is 3.31. The van der Waals surface area contributed by atoms with E-state index in [4.69, 9.17) is 23.2 Å². The molecule has 0 unspecified atom stereocenters. The summed E-state index contributed by atoms with van der Waals surface area (Å²) in [7, 11) is 0. The molecule has 1 aromatic rings. The normalized spacial score (nSPS) is 17.7. The number of phenols is 1. The van der Waals surface area contributed by atoms with Gasteiger partial charge in [0.2, 0.25) is 5.91 Å². The van der Waals surface area contributed by atoms with Gasteiger partial charge in [0, 0.05) is 10.6 Å². The third-order valence-electron chi connectivity index (χ3n) is 1.99. The van der Waals surface area contributed by atoms with Gasteiger partial charge in [-0.3, -0.25) is 4.79 Å². The standard InChI is InChI=1S/C10H7Cl2N3O2S/c11-6-1-5(9(17)7(12)2-6)3-13-15-10-14-8(16)4-18-10/h1-3,17H,4H2,(H,14,15,16)/b13-3-. The number of aromatic hydroxyl groups is 1. The molecular weight excluding hydrogens is 297 g/mol. The van der Waals surface area contributed by atoms with Gasteiger partial charge in [0.05, 0.1) is 17.0 Å². The van der Waals surface area contributed by atoms with Crippen molar-refractivity contribution in [2.24, 2.45) is 10.2 Å². The van der Waals surface area contributed by atoms with Crippen molar-refractivity contribution in [1.29, 1.82) is 0 Å². The maximum atomic E-state index is 10.9. The number of carbonyl (C=O) groups excluding carboxylic acids is 1. The van der Waals surface area contributed by atoms with Gasteiger partial charge in [0.25, 0.3) is 0 Å². The van der Waals surface area contributed by atoms with Crippen LogP contribution in [0.15, 0.2) is 22.3 Å². The molecule has 1 fully saturated rings. The van der Waals surface area contributed by atoms with Crippen molar-refractivity contribution in [2.75, 3.05) is 5.75 Å². The topological polar surface area (TPSA) is 74.0 Å². The smallest absolute Gasteiger partial charge is 0.236 e. The number of nitrogens with zero attached hydrogens (tertiary/aromatic N) is 2. The molecule has 18 heavy (non-hydrogen) atoms. The van der Waals surface area contributed by atoms with E-state index in [-0.39, 0.29) is 16.7 Å². The Morgan fingerprint density at radius 3 is 2.89 bits per heavy atom. The van der Waals surface area contributed by atoms with Gasteiger partial charge in [0.1, 0.15) is 5.75 Å². The maximum Gasteiger partial charge on any atom is 0.236 e. The van der Waals surface area contributed by atoms with Crippen LogP contribution in [-0.2, 0) is 4.79 Å². The quantitative estimate of drug-likeness (QED) is 0.650. The Bertz CT molecular complexity index is 560. The largest absolute Gasteiger partial charge is 0.506 e. The fourth-order valence-electron chi connectivity index (χ4n) is 1.21. The molecule has 1 aromatic carbocycles. The molecule has 2 rings (SSSR count). The van der Waals surface area contributed by atoms with Gasteiger partial charge in [-0.25, -0.2) is 0 Å². The van der Waals surface area contributed by atoms with Crippen LogP contribution in [0.3, 0.4) is 0 Å². The molecule has 0 atom stereocenters. The molecule has 1 aliphatic heterocycles. The maximum absolute atomic E-state index is 10.9. The Labute approximate surface area is 117 Å². The van der Waals surface area contributed by atoms with Crippen LogP contribution in [0.2, 0.25) is 10.0 Å². The molecule has 8 heteroatoms. The second-order valence-corrected chi connectivity index (χ2v) is 5.12. The van der Waals surface area contributed by atoms with Crippen molar-refractivity contribution in [1.82, 2.24) is 5.32 Å². The third-order valence-corrected chi connectivity index (χ3v) is 3.36. The highest BCUT2D eigenvalue weighted by atomic mass is 35.5. The number of amides is 1. The van der Waals surface area contributed by atoms with E-state index in [1.54, 1.807) is 0 Å². The number of halogens is 2. The van der Waals surface area contributed by atoms with Crippen molar-refractivity contribution in [3.05, 3.63) is 27.7 Å². The molecule has 1 heterocycles. The lowest BCUT2D eigenvalue weighted by Crippen LogP contribution is -2.19. The minimum atomic E-state index is -0.117. The lowest BCUT2D eigenvalue weighted by molar-refractivity contribution is -0.116. The Balaban J connectivity index is 2.17. The van der Waals surface area contributed by atoms with Gasteiger partial charge in [-0.2, -0.15) is 5.10 Å². The Hall–Kier alpha value is -1.24. The van der Waals surface area contributed by atoms with Gasteiger partial charge in [-0.15, -0.1) is 5.10 Å². The number of carbonyl (C=O) groups is 1. The zero-order valence-electron chi connectivity index (χ0n) is 8.85. The van der Waals surface area contributed by atoms with Crippen molar-refractivity contribution in [2.45, 2.75) is 0 Å². The van der Waals surface area contributed by atoms with Gasteiger partial charge in [-0.05, 0) is 12.1 Å². The molecule has 2 N–H and O–H groups in total. The molecule has 0 spiro atoms. The van der Waals surface area contributed by atoms with Crippen LogP contribution in [0, 0.1) is 0 Å². The first-order valence-corrected chi connectivity index (χ1v) is 6.52. The molecule has 0 aromatic heterocycles. The average Bonchev–Trinajstić information content (AvgIpc) is 2.71. The molecule has 0 bridgehead atoms. The predicted molar refractivity (Wildman–Crippen MR) is 73.8 cm³/mol. The van der Waals surface area contributed by atoms with Crippen molar-refractivity contribution in [3.63, 3.8) is 0 Å². The van der Waals surface area contributed by atoms with Crippen LogP contribution in [0.4, 0.5) is 0 Å². The molecule has 94 valence electrons. The van der Waals surface area contributed by atoms with E-state index >= 15 is 0 Å². The summed E-state index contributed by atoms with van der Waals surface area (Å²) in [5, 5.41) is 20.7. The van der Waals surface area contributed by atoms with Crippen LogP contribution < -0.4 is 5.32 Å². The molecule has 1 aliphatic rings. The average molecular weight is 304 g/mol. The molecule has 0 saturated carbocycles. The number of phenolic OH excluding ortho intramolecular Hbond substituents is 1. The van der Waals surface area contributed by atoms with Crippen molar-refractivity contribution in [3.8, 4) is 5.75 Å². The van der Waals surface area contributed by atoms with Gasteiger partial charge >= 0.3 is 0 Å². The zero-order valence-corrected chi connectivity index (χ0v) is 11.2. The first kappa shape index (κ1) is 13.2. The van der Waals surface area contributed by atoms with Gasteiger partial charge in [0.15, 0.2) is 5.17 Å². The molecule has 1 amide bonds. The second kappa shape index (κ2) is 5.60. The predicted octanol–water partition coefficient (Wildman–Crippen LogP) is 2.25. The Kier molecular flexibility index (Phi) is 4.11. The Morgan fingerprint density at radius 1 is 1.44 bits per heavy atom. The number of rotatable bonds is 2. The van der Waals surface area contributed by atoms with E-state index in [1.165, 1.54) is 30.1 Å². The molecule has 5 nitrogen and oxygen atoms in total. The number of benzene rings is 1. The van der Waals surface area contributed by atoms with Crippen LogP contribution in [-0.4, -0.2) is 28.1 Å². The summed E-state index contributed by atoms with van der Waals surface area (Å²) in [4.78, 5) is 10.9. The summed E-state index contributed by atoms with van der Waals surface area (Å²) < 4.78 is 0. The summed E-state index contributed by atoms with van der Waals surface area (Å²) in [5.74, 6) is 0.110. The van der Waals surface area contributed by atoms with E-state index in [2.05, 4.69) is 15.5 Å². The van der Waals surface area contributed by atoms with E-state index < -0.39 is 0 Å². The summed E-state index contributed by atoms with van der Waals surface area (Å²) >= 11 is 12.8. The van der Waals surface area contributed by atoms with Crippen LogP contribution in [0.25, 0.3) is 0 Å². The van der Waals surface area contributed by atoms with E-state index in [1.807, 2.05) is 0 Å². The minimum absolute atomic E-state index is 0.109. The monoisotopic (exact) mass is 303 g/mol. The molecule has 0 aliphatic carbocycles. The third kappa shape index (κ3) is 3.16. The highest BCUT2D eigenvalue weighted by molar-refractivity contribution is 8.15. The Morgan fingerprint density at radius 2 is 2.22 bits per heavy atom. The molecular formula is C10H7Cl2N3O2S. The van der Waals surface area contributed by atoms with Gasteiger partial charge in [-0.1, -0.05) is 35.0 Å². The summed E-state index contributed by atoms with van der Waals surface area (Å²) in [5.41, 5.74) is 0.353. The number of nitrogens with one attached hydrogen (secondary N) is 1. The van der Waals surface area contributed by atoms with E-state index in [0.29, 0.717) is 21.5 Å². The van der Waals surface area contributed by atoms with Crippen molar-refractivity contribution >= 4 is 52.3 Å². The minimum Gasteiger partial charge on any atom is -0.506 e. The zero-order chi connectivity index (χ0) is 13.1. The number of hydrogen-bond donors (Lipinski definition) is 2. The summed E-state index contributed by atoms with van der Waals surface area (Å²) in [6.45, 7) is 0. The fourth-order valence-corrected chi connectivity index (χ4v) is 2.35. The molecule has 1 saturated heterocycles. The van der Waals surface area contributed by atoms with Gasteiger partial charge < -0.3 is 10.4 Å². The van der Waals surface area contributed by atoms with Crippen LogP contribution in [0.1, 0.15) is 5.56 Å². The highest BCUT2D eigenvalue weighted by Gasteiger charge is 2.16. The van der Waals surface area contributed by atoms with Crippen molar-refractivity contribution < 1.29 is 9.90 Å². The van der Waals surface area contributed by atoms with Crippen LogP contribution >= 0.6 is 35.0 Å². The number of amidine groups is 1. The summed E-state index contributed by atoms with van der Waals surface area (Å²) in [6.07, 6.45) is 1.31. The molecule has 0 radical (unpaired) electrons. The highest BCUT2D eigenvalue weighted by Crippen LogP contribution is 2.29. The van der Waals surface area contributed by atoms with E-state index in [9.17, 15) is 9.90 Å². The lowest BCUT2D eigenvalue weighted by Gasteiger charge is -2.01. The first-order valence-electron chi connectivity index (χ1n) is 4.78. The first-order chi connectivity index (χ1) is 8.56. The number of hydrogen-bond acceptors (Lipinski definition) is 5. The summed E-state index contributed by atoms with van der Waals surface area (Å²) in [6, 6.07) is 2.93. The van der Waals surface area contributed by atoms with E-state index in [0.717, 1.165) is 0 Å².